The predicted octanol–water partition coefficient (Wildman–Crippen LogP) is 2.22. The maximum atomic E-state index is 8.66. The molecule has 1 saturated heterocycles. The minimum Gasteiger partial charge on any atom is -0.316 e. The third kappa shape index (κ3) is 2.57. The smallest absolute Gasteiger partial charge is 0.0669 e. The lowest BCUT2D eigenvalue weighted by Crippen LogP contribution is -2.28. The molecule has 0 aromatic heterocycles. The SMILES string of the molecule is N#CCc1cccc(C2CCCNC2)c1. The zero-order chi connectivity index (χ0) is 10.5. The molecule has 2 rings (SSSR count). The summed E-state index contributed by atoms with van der Waals surface area (Å²) in [4.78, 5) is 0. The van der Waals surface area contributed by atoms with Crippen molar-refractivity contribution < 1.29 is 0 Å². The van der Waals surface area contributed by atoms with Gasteiger partial charge >= 0.3 is 0 Å². The molecule has 1 unspecified atom stereocenters. The molecule has 0 aliphatic carbocycles. The van der Waals surface area contributed by atoms with Crippen molar-refractivity contribution in [2.24, 2.45) is 0 Å². The number of nitrogens with one attached hydrogen (secondary N) is 1. The summed E-state index contributed by atoms with van der Waals surface area (Å²) in [6.45, 7) is 2.23. The number of hydrogen-bond acceptors (Lipinski definition) is 2. The molecule has 0 bridgehead atoms. The Bertz CT molecular complexity index is 359. The Morgan fingerprint density at radius 1 is 1.47 bits per heavy atom. The fourth-order valence-corrected chi connectivity index (χ4v) is 2.18. The first-order valence-electron chi connectivity index (χ1n) is 5.56. The van der Waals surface area contributed by atoms with Gasteiger partial charge in [-0.25, -0.2) is 0 Å². The van der Waals surface area contributed by atoms with E-state index in [9.17, 15) is 0 Å². The van der Waals surface area contributed by atoms with Crippen LogP contribution in [-0.4, -0.2) is 13.1 Å². The van der Waals surface area contributed by atoms with Gasteiger partial charge in [-0.3, -0.25) is 0 Å². The fourth-order valence-electron chi connectivity index (χ4n) is 2.18. The second kappa shape index (κ2) is 4.95. The monoisotopic (exact) mass is 200 g/mol. The lowest BCUT2D eigenvalue weighted by molar-refractivity contribution is 0.461. The zero-order valence-electron chi connectivity index (χ0n) is 8.87. The van der Waals surface area contributed by atoms with Crippen molar-refractivity contribution in [2.75, 3.05) is 13.1 Å². The third-order valence-electron chi connectivity index (χ3n) is 3.00. The van der Waals surface area contributed by atoms with Gasteiger partial charge in [0, 0.05) is 6.54 Å². The van der Waals surface area contributed by atoms with Gasteiger partial charge in [-0.05, 0) is 36.4 Å². The van der Waals surface area contributed by atoms with Crippen molar-refractivity contribution in [2.45, 2.75) is 25.2 Å². The van der Waals surface area contributed by atoms with E-state index in [0.29, 0.717) is 12.3 Å². The van der Waals surface area contributed by atoms with Crippen LogP contribution in [0.3, 0.4) is 0 Å². The lowest BCUT2D eigenvalue weighted by atomic mass is 9.90. The fraction of sp³-hybridized carbons (Fsp3) is 0.462. The molecule has 1 fully saturated rings. The molecule has 1 atom stereocenters. The largest absolute Gasteiger partial charge is 0.316 e. The Kier molecular flexibility index (Phi) is 3.37. The molecule has 1 aromatic rings. The van der Waals surface area contributed by atoms with Crippen molar-refractivity contribution >= 4 is 0 Å². The summed E-state index contributed by atoms with van der Waals surface area (Å²) in [5.74, 6) is 0.636. The van der Waals surface area contributed by atoms with E-state index in [-0.39, 0.29) is 0 Å². The zero-order valence-corrected chi connectivity index (χ0v) is 8.87. The van der Waals surface area contributed by atoms with Crippen molar-refractivity contribution in [1.29, 1.82) is 5.26 Å². The van der Waals surface area contributed by atoms with Gasteiger partial charge < -0.3 is 5.32 Å². The lowest BCUT2D eigenvalue weighted by Gasteiger charge is -2.23. The van der Waals surface area contributed by atoms with Crippen molar-refractivity contribution in [3.63, 3.8) is 0 Å². The van der Waals surface area contributed by atoms with Gasteiger partial charge in [-0.2, -0.15) is 5.26 Å². The highest BCUT2D eigenvalue weighted by atomic mass is 14.9. The van der Waals surface area contributed by atoms with Crippen LogP contribution in [0.2, 0.25) is 0 Å². The van der Waals surface area contributed by atoms with Crippen LogP contribution >= 0.6 is 0 Å². The molecular formula is C13H16N2. The van der Waals surface area contributed by atoms with Crippen LogP contribution in [-0.2, 0) is 6.42 Å². The van der Waals surface area contributed by atoms with Crippen molar-refractivity contribution in [3.8, 4) is 6.07 Å². The molecular weight excluding hydrogens is 184 g/mol. The highest BCUT2D eigenvalue weighted by molar-refractivity contribution is 5.28. The summed E-state index contributed by atoms with van der Waals surface area (Å²) in [6.07, 6.45) is 3.05. The molecule has 2 nitrogen and oxygen atoms in total. The van der Waals surface area contributed by atoms with Gasteiger partial charge in [0.25, 0.3) is 0 Å². The number of hydrogen-bond donors (Lipinski definition) is 1. The predicted molar refractivity (Wildman–Crippen MR) is 60.6 cm³/mol. The first-order chi connectivity index (χ1) is 7.40. The second-order valence-electron chi connectivity index (χ2n) is 4.12. The summed E-state index contributed by atoms with van der Waals surface area (Å²) in [5.41, 5.74) is 2.52. The van der Waals surface area contributed by atoms with E-state index in [1.165, 1.54) is 18.4 Å². The van der Waals surface area contributed by atoms with E-state index in [2.05, 4.69) is 29.6 Å². The van der Waals surface area contributed by atoms with Gasteiger partial charge in [0.1, 0.15) is 0 Å². The van der Waals surface area contributed by atoms with Gasteiger partial charge in [0.05, 0.1) is 12.5 Å². The Morgan fingerprint density at radius 3 is 3.13 bits per heavy atom. The van der Waals surface area contributed by atoms with Gasteiger partial charge in [-0.1, -0.05) is 24.3 Å². The molecule has 0 spiro atoms. The van der Waals surface area contributed by atoms with Gasteiger partial charge in [0.2, 0.25) is 0 Å². The van der Waals surface area contributed by atoms with Crippen LogP contribution in [0.5, 0.6) is 0 Å². The first kappa shape index (κ1) is 10.2. The van der Waals surface area contributed by atoms with E-state index in [1.54, 1.807) is 0 Å². The molecule has 1 aliphatic heterocycles. The van der Waals surface area contributed by atoms with Crippen LogP contribution in [0, 0.1) is 11.3 Å². The van der Waals surface area contributed by atoms with E-state index in [1.807, 2.05) is 6.07 Å². The molecule has 1 aromatic carbocycles. The molecule has 15 heavy (non-hydrogen) atoms. The van der Waals surface area contributed by atoms with Gasteiger partial charge in [0.15, 0.2) is 0 Å². The Balaban J connectivity index is 2.13. The highest BCUT2D eigenvalue weighted by Gasteiger charge is 2.14. The summed E-state index contributed by atoms with van der Waals surface area (Å²) in [5, 5.41) is 12.1. The van der Waals surface area contributed by atoms with Crippen LogP contribution in [0.25, 0.3) is 0 Å². The number of rotatable bonds is 2. The first-order valence-corrected chi connectivity index (χ1v) is 5.56. The van der Waals surface area contributed by atoms with Crippen LogP contribution in [0.1, 0.15) is 29.9 Å². The van der Waals surface area contributed by atoms with Crippen LogP contribution in [0.15, 0.2) is 24.3 Å². The van der Waals surface area contributed by atoms with E-state index in [0.717, 1.165) is 18.7 Å². The van der Waals surface area contributed by atoms with Crippen molar-refractivity contribution in [3.05, 3.63) is 35.4 Å². The van der Waals surface area contributed by atoms with Gasteiger partial charge in [-0.15, -0.1) is 0 Å². The number of nitrogens with zero attached hydrogens (tertiary/aromatic N) is 1. The third-order valence-corrected chi connectivity index (χ3v) is 3.00. The van der Waals surface area contributed by atoms with Crippen LogP contribution < -0.4 is 5.32 Å². The van der Waals surface area contributed by atoms with Crippen molar-refractivity contribution in [1.82, 2.24) is 5.32 Å². The topological polar surface area (TPSA) is 35.8 Å². The maximum absolute atomic E-state index is 8.66. The quantitative estimate of drug-likeness (QED) is 0.794. The summed E-state index contributed by atoms with van der Waals surface area (Å²) in [7, 11) is 0. The van der Waals surface area contributed by atoms with E-state index < -0.39 is 0 Å². The molecule has 0 radical (unpaired) electrons. The standard InChI is InChI=1S/C13H16N2/c14-7-6-11-3-1-4-12(9-11)13-5-2-8-15-10-13/h1,3-4,9,13,15H,2,5-6,8,10H2. The average Bonchev–Trinajstić information content (AvgIpc) is 2.31. The Hall–Kier alpha value is -1.33. The molecule has 2 heteroatoms. The number of benzene rings is 1. The molecule has 78 valence electrons. The van der Waals surface area contributed by atoms with Crippen LogP contribution in [0.4, 0.5) is 0 Å². The highest BCUT2D eigenvalue weighted by Crippen LogP contribution is 2.23. The Morgan fingerprint density at radius 2 is 2.40 bits per heavy atom. The summed E-state index contributed by atoms with van der Waals surface area (Å²) >= 11 is 0. The number of piperidine rings is 1. The molecule has 1 heterocycles. The summed E-state index contributed by atoms with van der Waals surface area (Å²) < 4.78 is 0. The molecule has 1 aliphatic rings. The second-order valence-corrected chi connectivity index (χ2v) is 4.12. The van der Waals surface area contributed by atoms with E-state index in [4.69, 9.17) is 5.26 Å². The number of nitriles is 1. The minimum atomic E-state index is 0.522. The van der Waals surface area contributed by atoms with E-state index >= 15 is 0 Å². The minimum absolute atomic E-state index is 0.522. The molecule has 0 amide bonds. The summed E-state index contributed by atoms with van der Waals surface area (Å²) in [6, 6.07) is 10.7. The normalized spacial score (nSPS) is 20.9. The average molecular weight is 200 g/mol. The molecule has 1 N–H and O–H groups in total. The Labute approximate surface area is 90.9 Å². The maximum Gasteiger partial charge on any atom is 0.0669 e. The molecule has 0 saturated carbocycles.